The van der Waals surface area contributed by atoms with Crippen molar-refractivity contribution < 1.29 is 9.18 Å². The zero-order valence-electron chi connectivity index (χ0n) is 10.5. The van der Waals surface area contributed by atoms with Gasteiger partial charge in [-0.3, -0.25) is 4.79 Å². The van der Waals surface area contributed by atoms with Crippen LogP contribution in [0.3, 0.4) is 0 Å². The number of nitrogens with one attached hydrogen (secondary N) is 2. The van der Waals surface area contributed by atoms with Crippen molar-refractivity contribution in [2.45, 2.75) is 13.5 Å². The van der Waals surface area contributed by atoms with Crippen molar-refractivity contribution >= 4 is 11.6 Å². The number of hydrogen-bond acceptors (Lipinski definition) is 3. The summed E-state index contributed by atoms with van der Waals surface area (Å²) in [5.41, 5.74) is 1.42. The number of halogens is 1. The van der Waals surface area contributed by atoms with Gasteiger partial charge in [-0.15, -0.1) is 0 Å². The first-order valence-corrected chi connectivity index (χ1v) is 6.21. The number of anilines is 1. The number of carbonyl (C=O) groups is 1. The van der Waals surface area contributed by atoms with Gasteiger partial charge in [0.2, 0.25) is 5.91 Å². The minimum absolute atomic E-state index is 0.0580. The molecule has 0 saturated carbocycles. The second-order valence-corrected chi connectivity index (χ2v) is 4.34. The molecule has 98 valence electrons. The molecule has 0 radical (unpaired) electrons. The second kappa shape index (κ2) is 5.82. The molecule has 0 atom stereocenters. The van der Waals surface area contributed by atoms with Crippen LogP contribution in [0.5, 0.6) is 0 Å². The van der Waals surface area contributed by atoms with Crippen LogP contribution in [0.25, 0.3) is 0 Å². The summed E-state index contributed by atoms with van der Waals surface area (Å²) in [6.45, 7) is 4.97. The first-order valence-electron chi connectivity index (χ1n) is 6.21. The van der Waals surface area contributed by atoms with Crippen molar-refractivity contribution in [3.05, 3.63) is 29.6 Å². The molecular formula is C13H18FN3O. The molecule has 18 heavy (non-hydrogen) atoms. The summed E-state index contributed by atoms with van der Waals surface area (Å²) in [6, 6.07) is 5.18. The van der Waals surface area contributed by atoms with E-state index in [0.29, 0.717) is 25.3 Å². The molecule has 1 amide bonds. The average molecular weight is 251 g/mol. The van der Waals surface area contributed by atoms with Gasteiger partial charge in [0.1, 0.15) is 5.82 Å². The summed E-state index contributed by atoms with van der Waals surface area (Å²) in [7, 11) is 0. The van der Waals surface area contributed by atoms with Crippen LogP contribution < -0.4 is 15.5 Å². The molecule has 1 aromatic rings. The van der Waals surface area contributed by atoms with Crippen molar-refractivity contribution in [1.29, 1.82) is 0 Å². The first kappa shape index (κ1) is 12.8. The Morgan fingerprint density at radius 1 is 1.50 bits per heavy atom. The predicted octanol–water partition coefficient (Wildman–Crippen LogP) is 0.871. The van der Waals surface area contributed by atoms with E-state index in [2.05, 4.69) is 10.6 Å². The number of amides is 1. The van der Waals surface area contributed by atoms with Gasteiger partial charge in [-0.05, 0) is 24.2 Å². The van der Waals surface area contributed by atoms with Gasteiger partial charge in [0, 0.05) is 19.6 Å². The fraction of sp³-hybridized carbons (Fsp3) is 0.462. The Bertz CT molecular complexity index is 436. The van der Waals surface area contributed by atoms with Gasteiger partial charge in [0.25, 0.3) is 0 Å². The third-order valence-corrected chi connectivity index (χ3v) is 2.97. The van der Waals surface area contributed by atoms with Crippen LogP contribution in [0, 0.1) is 5.82 Å². The molecule has 1 aromatic carbocycles. The number of nitrogens with zero attached hydrogens (tertiary/aromatic N) is 1. The third kappa shape index (κ3) is 2.98. The highest BCUT2D eigenvalue weighted by atomic mass is 19.1. The highest BCUT2D eigenvalue weighted by Crippen LogP contribution is 2.21. The summed E-state index contributed by atoms with van der Waals surface area (Å²) < 4.78 is 14.0. The number of carbonyl (C=O) groups excluding carboxylic acids is 1. The molecule has 1 aliphatic heterocycles. The lowest BCUT2D eigenvalue weighted by atomic mass is 10.1. The van der Waals surface area contributed by atoms with Gasteiger partial charge in [-0.1, -0.05) is 13.0 Å². The Kier molecular flexibility index (Phi) is 4.15. The Morgan fingerprint density at radius 2 is 2.33 bits per heavy atom. The molecule has 4 nitrogen and oxygen atoms in total. The van der Waals surface area contributed by atoms with Gasteiger partial charge < -0.3 is 15.5 Å². The Morgan fingerprint density at radius 3 is 3.00 bits per heavy atom. The van der Waals surface area contributed by atoms with E-state index in [-0.39, 0.29) is 18.3 Å². The molecule has 0 spiro atoms. The van der Waals surface area contributed by atoms with Crippen LogP contribution in [-0.2, 0) is 11.3 Å². The average Bonchev–Trinajstić information content (AvgIpc) is 2.36. The maximum Gasteiger partial charge on any atom is 0.239 e. The SMILES string of the molecule is CCNCc1ccc(N2CCNC(=O)C2)c(F)c1. The van der Waals surface area contributed by atoms with Gasteiger partial charge in [-0.2, -0.15) is 0 Å². The molecule has 1 heterocycles. The summed E-state index contributed by atoms with van der Waals surface area (Å²) in [5, 5.41) is 5.88. The monoisotopic (exact) mass is 251 g/mol. The van der Waals surface area contributed by atoms with Crippen LogP contribution in [0.15, 0.2) is 18.2 Å². The number of benzene rings is 1. The minimum Gasteiger partial charge on any atom is -0.358 e. The number of rotatable bonds is 4. The van der Waals surface area contributed by atoms with Gasteiger partial charge >= 0.3 is 0 Å². The van der Waals surface area contributed by atoms with Crippen molar-refractivity contribution in [2.24, 2.45) is 0 Å². The molecule has 0 aliphatic carbocycles. The van der Waals surface area contributed by atoms with E-state index in [1.165, 1.54) is 6.07 Å². The molecule has 2 rings (SSSR count). The van der Waals surface area contributed by atoms with Crippen LogP contribution in [0.4, 0.5) is 10.1 Å². The van der Waals surface area contributed by atoms with E-state index in [4.69, 9.17) is 0 Å². The first-order chi connectivity index (χ1) is 8.70. The fourth-order valence-electron chi connectivity index (χ4n) is 2.03. The topological polar surface area (TPSA) is 44.4 Å². The molecule has 0 aromatic heterocycles. The van der Waals surface area contributed by atoms with Crippen molar-refractivity contribution in [3.63, 3.8) is 0 Å². The molecule has 0 unspecified atom stereocenters. The van der Waals surface area contributed by atoms with Crippen LogP contribution in [-0.4, -0.2) is 32.1 Å². The lowest BCUT2D eigenvalue weighted by Crippen LogP contribution is -2.48. The molecule has 2 N–H and O–H groups in total. The number of hydrogen-bond donors (Lipinski definition) is 2. The number of piperazine rings is 1. The van der Waals surface area contributed by atoms with E-state index < -0.39 is 0 Å². The van der Waals surface area contributed by atoms with E-state index in [1.807, 2.05) is 13.0 Å². The highest BCUT2D eigenvalue weighted by molar-refractivity contribution is 5.82. The van der Waals surface area contributed by atoms with Gasteiger partial charge in [0.05, 0.1) is 12.2 Å². The van der Waals surface area contributed by atoms with Crippen molar-refractivity contribution in [3.8, 4) is 0 Å². The van der Waals surface area contributed by atoms with E-state index in [0.717, 1.165) is 12.1 Å². The van der Waals surface area contributed by atoms with Crippen LogP contribution in [0.1, 0.15) is 12.5 Å². The summed E-state index contributed by atoms with van der Waals surface area (Å²) in [5.74, 6) is -0.322. The molecule has 1 fully saturated rings. The summed E-state index contributed by atoms with van der Waals surface area (Å²) in [4.78, 5) is 13.1. The maximum atomic E-state index is 14.0. The van der Waals surface area contributed by atoms with Gasteiger partial charge in [-0.25, -0.2) is 4.39 Å². The molecule has 5 heteroatoms. The summed E-state index contributed by atoms with van der Waals surface area (Å²) in [6.07, 6.45) is 0. The highest BCUT2D eigenvalue weighted by Gasteiger charge is 2.19. The van der Waals surface area contributed by atoms with E-state index >= 15 is 0 Å². The van der Waals surface area contributed by atoms with E-state index in [9.17, 15) is 9.18 Å². The Hall–Kier alpha value is -1.62. The second-order valence-electron chi connectivity index (χ2n) is 4.34. The van der Waals surface area contributed by atoms with Crippen molar-refractivity contribution in [2.75, 3.05) is 31.1 Å². The lowest BCUT2D eigenvalue weighted by Gasteiger charge is -2.29. The smallest absolute Gasteiger partial charge is 0.239 e. The quantitative estimate of drug-likeness (QED) is 0.834. The lowest BCUT2D eigenvalue weighted by molar-refractivity contribution is -0.120. The van der Waals surface area contributed by atoms with E-state index in [1.54, 1.807) is 11.0 Å². The van der Waals surface area contributed by atoms with Gasteiger partial charge in [0.15, 0.2) is 0 Å². The fourth-order valence-corrected chi connectivity index (χ4v) is 2.03. The standard InChI is InChI=1S/C13H18FN3O/c1-2-15-8-10-3-4-12(11(14)7-10)17-6-5-16-13(18)9-17/h3-4,7,15H,2,5-6,8-9H2,1H3,(H,16,18). The zero-order valence-corrected chi connectivity index (χ0v) is 10.5. The van der Waals surface area contributed by atoms with Crippen LogP contribution >= 0.6 is 0 Å². The Balaban J connectivity index is 2.11. The maximum absolute atomic E-state index is 14.0. The largest absolute Gasteiger partial charge is 0.358 e. The predicted molar refractivity (Wildman–Crippen MR) is 69.0 cm³/mol. The van der Waals surface area contributed by atoms with Crippen LogP contribution in [0.2, 0.25) is 0 Å². The molecule has 0 bridgehead atoms. The van der Waals surface area contributed by atoms with Crippen molar-refractivity contribution in [1.82, 2.24) is 10.6 Å². The zero-order chi connectivity index (χ0) is 13.0. The third-order valence-electron chi connectivity index (χ3n) is 2.97. The summed E-state index contributed by atoms with van der Waals surface area (Å²) >= 11 is 0. The molecule has 1 saturated heterocycles. The molecule has 1 aliphatic rings. The Labute approximate surface area is 106 Å². The normalized spacial score (nSPS) is 15.7. The minimum atomic E-state index is -0.264. The molecular weight excluding hydrogens is 233 g/mol.